The van der Waals surface area contributed by atoms with E-state index in [0.29, 0.717) is 23.7 Å². The van der Waals surface area contributed by atoms with Crippen LogP contribution in [0.15, 0.2) is 48.0 Å². The Morgan fingerprint density at radius 1 is 1.09 bits per heavy atom. The molecule has 0 aliphatic carbocycles. The lowest BCUT2D eigenvalue weighted by Crippen LogP contribution is -2.18. The third-order valence-corrected chi connectivity index (χ3v) is 2.99. The van der Waals surface area contributed by atoms with Gasteiger partial charge in [0.25, 0.3) is 0 Å². The third-order valence-electron chi connectivity index (χ3n) is 2.99. The van der Waals surface area contributed by atoms with Crippen molar-refractivity contribution in [1.82, 2.24) is 0 Å². The minimum Gasteiger partial charge on any atom is -0.454 e. The predicted octanol–water partition coefficient (Wildman–Crippen LogP) is 2.56. The van der Waals surface area contributed by atoms with Crippen LogP contribution in [0.4, 0.5) is 8.78 Å². The van der Waals surface area contributed by atoms with E-state index >= 15 is 0 Å². The average Bonchev–Trinajstić information content (AvgIpc) is 2.51. The second-order valence-electron chi connectivity index (χ2n) is 4.56. The van der Waals surface area contributed by atoms with Gasteiger partial charge in [-0.15, -0.1) is 0 Å². The summed E-state index contributed by atoms with van der Waals surface area (Å²) >= 11 is 0. The van der Waals surface area contributed by atoms with Gasteiger partial charge in [0, 0.05) is 6.07 Å². The number of carbonyl (C=O) groups excluding carboxylic acids is 1. The molecular weight excluding hydrogens is 304 g/mol. The van der Waals surface area contributed by atoms with Gasteiger partial charge >= 0.3 is 0 Å². The number of carbonyl (C=O) groups is 1. The van der Waals surface area contributed by atoms with Gasteiger partial charge in [-0.3, -0.25) is 10.2 Å². The molecule has 0 aliphatic heterocycles. The van der Waals surface area contributed by atoms with E-state index in [0.717, 1.165) is 6.07 Å². The van der Waals surface area contributed by atoms with Gasteiger partial charge in [-0.05, 0) is 42.0 Å². The van der Waals surface area contributed by atoms with Crippen LogP contribution in [0.1, 0.15) is 5.56 Å². The molecule has 0 heterocycles. The lowest BCUT2D eigenvalue weighted by atomic mass is 10.1. The molecule has 118 valence electrons. The van der Waals surface area contributed by atoms with Crippen LogP contribution in [-0.2, 0) is 4.79 Å². The monoisotopic (exact) mass is 317 g/mol. The van der Waals surface area contributed by atoms with Crippen molar-refractivity contribution in [3.63, 3.8) is 0 Å². The van der Waals surface area contributed by atoms with E-state index in [1.54, 1.807) is 0 Å². The van der Waals surface area contributed by atoms with Gasteiger partial charge in [0.15, 0.2) is 17.9 Å². The van der Waals surface area contributed by atoms with Crippen molar-refractivity contribution >= 4 is 17.8 Å². The summed E-state index contributed by atoms with van der Waals surface area (Å²) in [5.74, 6) is -1.80. The summed E-state index contributed by atoms with van der Waals surface area (Å²) in [7, 11) is 0. The zero-order chi connectivity index (χ0) is 17.0. The van der Waals surface area contributed by atoms with Crippen LogP contribution in [0.2, 0.25) is 0 Å². The molecule has 0 saturated heterocycles. The molecule has 5 nitrogen and oxygen atoms in total. The average molecular weight is 317 g/mol. The maximum absolute atomic E-state index is 13.5. The number of rotatable bonds is 5. The van der Waals surface area contributed by atoms with E-state index < -0.39 is 17.5 Å². The Labute approximate surface area is 130 Å². The minimum atomic E-state index is -0.826. The fourth-order valence-electron chi connectivity index (χ4n) is 1.82. The van der Waals surface area contributed by atoms with Crippen LogP contribution >= 0.6 is 0 Å². The van der Waals surface area contributed by atoms with Crippen LogP contribution in [0.3, 0.4) is 0 Å². The molecule has 23 heavy (non-hydrogen) atoms. The molecule has 7 heteroatoms. The number of hydrogen-bond acceptors (Lipinski definition) is 4. The molecule has 0 amide bonds. The van der Waals surface area contributed by atoms with E-state index in [1.165, 1.54) is 30.3 Å². The van der Waals surface area contributed by atoms with Crippen LogP contribution < -0.4 is 16.2 Å². The van der Waals surface area contributed by atoms with Crippen molar-refractivity contribution in [3.8, 4) is 11.5 Å². The number of benzene rings is 2. The quantitative estimate of drug-likeness (QED) is 0.341. The van der Waals surface area contributed by atoms with Crippen molar-refractivity contribution in [2.24, 2.45) is 11.5 Å². The lowest BCUT2D eigenvalue weighted by Gasteiger charge is -2.09. The van der Waals surface area contributed by atoms with Crippen LogP contribution in [-0.4, -0.2) is 12.1 Å². The molecule has 5 N–H and O–H groups in total. The van der Waals surface area contributed by atoms with Crippen molar-refractivity contribution in [1.29, 1.82) is 5.41 Å². The highest BCUT2D eigenvalue weighted by atomic mass is 19.1. The molecule has 0 aromatic heterocycles. The summed E-state index contributed by atoms with van der Waals surface area (Å²) in [5.41, 5.74) is 11.4. The summed E-state index contributed by atoms with van der Waals surface area (Å²) < 4.78 is 31.6. The van der Waals surface area contributed by atoms with Crippen molar-refractivity contribution in [3.05, 3.63) is 65.2 Å². The number of nitrogens with one attached hydrogen (secondary N) is 1. The summed E-state index contributed by atoms with van der Waals surface area (Å²) in [5, 5.41) is 7.27. The van der Waals surface area contributed by atoms with E-state index in [1.807, 2.05) is 0 Å². The zero-order valence-corrected chi connectivity index (χ0v) is 11.8. The van der Waals surface area contributed by atoms with Crippen LogP contribution in [0.25, 0.3) is 5.70 Å². The van der Waals surface area contributed by atoms with E-state index in [-0.39, 0.29) is 17.0 Å². The summed E-state index contributed by atoms with van der Waals surface area (Å²) in [4.78, 5) is 10.9. The lowest BCUT2D eigenvalue weighted by molar-refractivity contribution is -0.104. The Morgan fingerprint density at radius 2 is 1.74 bits per heavy atom. The first kappa shape index (κ1) is 16.2. The maximum atomic E-state index is 13.5. The molecule has 0 aliphatic rings. The number of halogens is 2. The molecule has 0 saturated carbocycles. The van der Waals surface area contributed by atoms with Gasteiger partial charge in [0.2, 0.25) is 0 Å². The first-order chi connectivity index (χ1) is 10.9. The zero-order valence-electron chi connectivity index (χ0n) is 11.8. The highest BCUT2D eigenvalue weighted by molar-refractivity contribution is 6.17. The number of nitrogens with two attached hydrogens (primary N) is 2. The number of ether oxygens (including phenoxy) is 1. The Hall–Kier alpha value is -3.22. The first-order valence-electron chi connectivity index (χ1n) is 6.45. The molecule has 0 fully saturated rings. The molecule has 2 aromatic carbocycles. The van der Waals surface area contributed by atoms with E-state index in [9.17, 15) is 13.6 Å². The summed E-state index contributed by atoms with van der Waals surface area (Å²) in [6, 6.07) is 9.01. The predicted molar refractivity (Wildman–Crippen MR) is 82.0 cm³/mol. The minimum absolute atomic E-state index is 0.0482. The highest BCUT2D eigenvalue weighted by Gasteiger charge is 2.10. The maximum Gasteiger partial charge on any atom is 0.168 e. The fraction of sp³-hybridized carbons (Fsp3) is 0. The Bertz CT molecular complexity index is 786. The van der Waals surface area contributed by atoms with Gasteiger partial charge in [-0.2, -0.15) is 0 Å². The second kappa shape index (κ2) is 6.69. The molecule has 0 spiro atoms. The molecule has 0 unspecified atom stereocenters. The number of amidine groups is 1. The van der Waals surface area contributed by atoms with Crippen molar-refractivity contribution in [2.75, 3.05) is 0 Å². The standard InChI is InChI=1S/C16H13F2N3O2/c17-10-3-6-14(13(18)7-10)23-11-4-1-9(2-5-11)15(19)12(8-22)16(20)21/h1-8H,19H2,(H3,20,21). The topological polar surface area (TPSA) is 102 Å². The fourth-order valence-corrected chi connectivity index (χ4v) is 1.82. The summed E-state index contributed by atoms with van der Waals surface area (Å²) in [6.45, 7) is 0. The number of aldehydes is 1. The Morgan fingerprint density at radius 3 is 2.26 bits per heavy atom. The van der Waals surface area contributed by atoms with E-state index in [4.69, 9.17) is 21.6 Å². The third kappa shape index (κ3) is 3.70. The largest absolute Gasteiger partial charge is 0.454 e. The van der Waals surface area contributed by atoms with Crippen LogP contribution in [0.5, 0.6) is 11.5 Å². The van der Waals surface area contributed by atoms with E-state index in [2.05, 4.69) is 0 Å². The normalized spacial score (nSPS) is 11.6. The van der Waals surface area contributed by atoms with Gasteiger partial charge in [-0.25, -0.2) is 8.78 Å². The van der Waals surface area contributed by atoms with Crippen molar-refractivity contribution in [2.45, 2.75) is 0 Å². The number of hydrogen-bond donors (Lipinski definition) is 3. The first-order valence-corrected chi connectivity index (χ1v) is 6.45. The van der Waals surface area contributed by atoms with Gasteiger partial charge in [0.05, 0.1) is 11.3 Å². The molecule has 2 rings (SSSR count). The Balaban J connectivity index is 2.26. The smallest absolute Gasteiger partial charge is 0.168 e. The summed E-state index contributed by atoms with van der Waals surface area (Å²) in [6.07, 6.45) is 0.399. The van der Waals surface area contributed by atoms with Gasteiger partial charge in [-0.1, -0.05) is 0 Å². The molecular formula is C16H13F2N3O2. The highest BCUT2D eigenvalue weighted by Crippen LogP contribution is 2.26. The SMILES string of the molecule is N=C(N)C(C=O)=C(N)c1ccc(Oc2ccc(F)cc2F)cc1. The molecule has 0 radical (unpaired) electrons. The molecule has 2 aromatic rings. The van der Waals surface area contributed by atoms with Gasteiger partial charge in [0.1, 0.15) is 17.4 Å². The van der Waals surface area contributed by atoms with Crippen LogP contribution in [0, 0.1) is 17.0 Å². The van der Waals surface area contributed by atoms with Crippen molar-refractivity contribution < 1.29 is 18.3 Å². The van der Waals surface area contributed by atoms with Gasteiger partial charge < -0.3 is 16.2 Å². The second-order valence-corrected chi connectivity index (χ2v) is 4.56. The molecule has 0 bridgehead atoms. The Kier molecular flexibility index (Phi) is 4.70. The molecule has 0 atom stereocenters.